The molecule has 1 atom stereocenters. The van der Waals surface area contributed by atoms with Crippen LogP contribution in [0.5, 0.6) is 0 Å². The van der Waals surface area contributed by atoms with Gasteiger partial charge < -0.3 is 10.1 Å². The lowest BCUT2D eigenvalue weighted by molar-refractivity contribution is -0.119. The van der Waals surface area contributed by atoms with Crippen LogP contribution in [0.15, 0.2) is 24.3 Å². The molecule has 0 spiro atoms. The van der Waals surface area contributed by atoms with E-state index < -0.39 is 30.1 Å². The van der Waals surface area contributed by atoms with Crippen molar-refractivity contribution >= 4 is 28.9 Å². The van der Waals surface area contributed by atoms with Crippen molar-refractivity contribution in [2.45, 2.75) is 26.2 Å². The van der Waals surface area contributed by atoms with Crippen LogP contribution in [0.4, 0.5) is 14.5 Å². The maximum atomic E-state index is 13.1. The minimum atomic E-state index is -1.06. The molecular weight excluding hydrogens is 348 g/mol. The van der Waals surface area contributed by atoms with Crippen molar-refractivity contribution in [1.82, 2.24) is 0 Å². The zero-order valence-electron chi connectivity index (χ0n) is 13.6. The first-order valence-corrected chi connectivity index (χ1v) is 8.77. The van der Waals surface area contributed by atoms with E-state index in [4.69, 9.17) is 4.74 Å². The van der Waals surface area contributed by atoms with Gasteiger partial charge in [-0.05, 0) is 48.9 Å². The second kappa shape index (κ2) is 7.31. The van der Waals surface area contributed by atoms with Gasteiger partial charge in [-0.1, -0.05) is 6.92 Å². The van der Waals surface area contributed by atoms with Crippen LogP contribution in [0.25, 0.3) is 0 Å². The molecule has 1 aromatic carbocycles. The van der Waals surface area contributed by atoms with E-state index in [1.54, 1.807) is 0 Å². The van der Waals surface area contributed by atoms with Crippen molar-refractivity contribution in [2.24, 2.45) is 5.92 Å². The summed E-state index contributed by atoms with van der Waals surface area (Å²) in [5, 5.41) is 2.35. The van der Waals surface area contributed by atoms with Crippen LogP contribution >= 0.6 is 11.3 Å². The van der Waals surface area contributed by atoms with E-state index in [0.717, 1.165) is 31.4 Å². The molecule has 0 aliphatic heterocycles. The van der Waals surface area contributed by atoms with Crippen LogP contribution in [0.3, 0.4) is 0 Å². The minimum absolute atomic E-state index is 0.0977. The molecule has 1 heterocycles. The average molecular weight is 365 g/mol. The van der Waals surface area contributed by atoms with Gasteiger partial charge in [-0.15, -0.1) is 11.3 Å². The van der Waals surface area contributed by atoms with Gasteiger partial charge in [0.2, 0.25) is 0 Å². The van der Waals surface area contributed by atoms with Gasteiger partial charge in [-0.25, -0.2) is 13.6 Å². The number of halogens is 2. The largest absolute Gasteiger partial charge is 0.451 e. The van der Waals surface area contributed by atoms with Crippen molar-refractivity contribution in [3.63, 3.8) is 0 Å². The van der Waals surface area contributed by atoms with Crippen LogP contribution in [-0.4, -0.2) is 18.5 Å². The number of anilines is 1. The summed E-state index contributed by atoms with van der Waals surface area (Å²) >= 11 is 1.41. The summed E-state index contributed by atoms with van der Waals surface area (Å²) in [4.78, 5) is 25.6. The number of aryl methyl sites for hydroxylation is 1. The van der Waals surface area contributed by atoms with Crippen molar-refractivity contribution in [3.8, 4) is 0 Å². The standard InChI is InChI=1S/C18H17F2NO3S/c1-10-2-5-15-11(6-10)7-16(25-15)18(23)24-9-17(22)21-12-3-4-13(19)14(20)8-12/h3-4,7-8,10H,2,5-6,9H2,1H3,(H,21,22)/t10-/m0/s1. The molecule has 25 heavy (non-hydrogen) atoms. The van der Waals surface area contributed by atoms with E-state index in [0.29, 0.717) is 10.8 Å². The van der Waals surface area contributed by atoms with E-state index >= 15 is 0 Å². The van der Waals surface area contributed by atoms with E-state index in [1.165, 1.54) is 27.8 Å². The number of carbonyl (C=O) groups is 2. The van der Waals surface area contributed by atoms with Crippen LogP contribution in [0.1, 0.15) is 33.5 Å². The SMILES string of the molecule is C[C@H]1CCc2sc(C(=O)OCC(=O)Nc3ccc(F)c(F)c3)cc2C1. The summed E-state index contributed by atoms with van der Waals surface area (Å²) in [6, 6.07) is 4.84. The van der Waals surface area contributed by atoms with Crippen molar-refractivity contribution in [1.29, 1.82) is 0 Å². The molecule has 1 aliphatic rings. The fourth-order valence-electron chi connectivity index (χ4n) is 2.78. The van der Waals surface area contributed by atoms with Gasteiger partial charge in [0.1, 0.15) is 4.88 Å². The molecule has 2 aromatic rings. The second-order valence-corrected chi connectivity index (χ2v) is 7.30. The molecule has 132 valence electrons. The highest BCUT2D eigenvalue weighted by atomic mass is 32.1. The van der Waals surface area contributed by atoms with Crippen LogP contribution < -0.4 is 5.32 Å². The summed E-state index contributed by atoms with van der Waals surface area (Å²) in [7, 11) is 0. The highest BCUT2D eigenvalue weighted by molar-refractivity contribution is 7.14. The maximum Gasteiger partial charge on any atom is 0.348 e. The number of rotatable bonds is 4. The fourth-order valence-corrected chi connectivity index (χ4v) is 3.88. The predicted octanol–water partition coefficient (Wildman–Crippen LogP) is 3.95. The Bertz CT molecular complexity index is 819. The first kappa shape index (κ1) is 17.5. The quantitative estimate of drug-likeness (QED) is 0.835. The first-order chi connectivity index (χ1) is 11.9. The van der Waals surface area contributed by atoms with Gasteiger partial charge in [-0.3, -0.25) is 4.79 Å². The Morgan fingerprint density at radius 3 is 2.84 bits per heavy atom. The van der Waals surface area contributed by atoms with Gasteiger partial charge in [0, 0.05) is 16.6 Å². The molecule has 3 rings (SSSR count). The molecule has 1 aliphatic carbocycles. The lowest BCUT2D eigenvalue weighted by Gasteiger charge is -2.16. The van der Waals surface area contributed by atoms with Crippen LogP contribution in [0, 0.1) is 17.6 Å². The summed E-state index contributed by atoms with van der Waals surface area (Å²) in [5.74, 6) is -2.62. The van der Waals surface area contributed by atoms with Gasteiger partial charge in [0.25, 0.3) is 5.91 Å². The summed E-state index contributed by atoms with van der Waals surface area (Å²) in [5.41, 5.74) is 1.28. The lowest BCUT2D eigenvalue weighted by Crippen LogP contribution is -2.20. The van der Waals surface area contributed by atoms with E-state index in [1.807, 2.05) is 6.07 Å². The van der Waals surface area contributed by atoms with Gasteiger partial charge in [0.05, 0.1) is 0 Å². The zero-order valence-corrected chi connectivity index (χ0v) is 14.4. The van der Waals surface area contributed by atoms with Crippen molar-refractivity contribution in [3.05, 3.63) is 51.2 Å². The summed E-state index contributed by atoms with van der Waals surface area (Å²) in [6.07, 6.45) is 3.03. The molecule has 0 radical (unpaired) electrons. The van der Waals surface area contributed by atoms with Crippen molar-refractivity contribution in [2.75, 3.05) is 11.9 Å². The molecule has 7 heteroatoms. The third-order valence-electron chi connectivity index (χ3n) is 4.07. The molecular formula is C18H17F2NO3S. The Morgan fingerprint density at radius 2 is 2.08 bits per heavy atom. The molecule has 0 saturated heterocycles. The first-order valence-electron chi connectivity index (χ1n) is 7.96. The minimum Gasteiger partial charge on any atom is -0.451 e. The monoisotopic (exact) mass is 365 g/mol. The van der Waals surface area contributed by atoms with Gasteiger partial charge in [0.15, 0.2) is 18.2 Å². The highest BCUT2D eigenvalue weighted by Gasteiger charge is 2.21. The third-order valence-corrected chi connectivity index (χ3v) is 5.29. The fraction of sp³-hybridized carbons (Fsp3) is 0.333. The van der Waals surface area contributed by atoms with Crippen LogP contribution in [0.2, 0.25) is 0 Å². The van der Waals surface area contributed by atoms with E-state index in [9.17, 15) is 18.4 Å². The molecule has 0 unspecified atom stereocenters. The topological polar surface area (TPSA) is 55.4 Å². The number of amides is 1. The molecule has 1 N–H and O–H groups in total. The Balaban J connectivity index is 1.55. The third kappa shape index (κ3) is 4.22. The maximum absolute atomic E-state index is 13.1. The zero-order chi connectivity index (χ0) is 18.0. The molecule has 0 fully saturated rings. The molecule has 1 aromatic heterocycles. The Morgan fingerprint density at radius 1 is 1.28 bits per heavy atom. The number of esters is 1. The van der Waals surface area contributed by atoms with Gasteiger partial charge >= 0.3 is 5.97 Å². The Kier molecular flexibility index (Phi) is 5.13. The Hall–Kier alpha value is -2.28. The van der Waals surface area contributed by atoms with Gasteiger partial charge in [-0.2, -0.15) is 0 Å². The summed E-state index contributed by atoms with van der Waals surface area (Å²) < 4.78 is 31.0. The molecule has 0 saturated carbocycles. The normalized spacial score (nSPS) is 16.2. The Labute approximate surface area is 147 Å². The number of thiophene rings is 1. The molecule has 1 amide bonds. The lowest BCUT2D eigenvalue weighted by atomic mass is 9.90. The number of benzene rings is 1. The second-order valence-electron chi connectivity index (χ2n) is 6.16. The summed E-state index contributed by atoms with van der Waals surface area (Å²) in [6.45, 7) is 1.69. The van der Waals surface area contributed by atoms with E-state index in [-0.39, 0.29) is 5.69 Å². The van der Waals surface area contributed by atoms with E-state index in [2.05, 4.69) is 12.2 Å². The number of hydrogen-bond acceptors (Lipinski definition) is 4. The van der Waals surface area contributed by atoms with Crippen LogP contribution in [-0.2, 0) is 22.4 Å². The molecule has 4 nitrogen and oxygen atoms in total. The average Bonchev–Trinajstić information content (AvgIpc) is 2.99. The number of nitrogens with one attached hydrogen (secondary N) is 1. The van der Waals surface area contributed by atoms with Crippen molar-refractivity contribution < 1.29 is 23.1 Å². The molecule has 0 bridgehead atoms. The number of hydrogen-bond donors (Lipinski definition) is 1. The predicted molar refractivity (Wildman–Crippen MR) is 90.8 cm³/mol. The number of carbonyl (C=O) groups excluding carboxylic acids is 2. The number of fused-ring (bicyclic) bond motifs is 1. The highest BCUT2D eigenvalue weighted by Crippen LogP contribution is 2.32. The number of ether oxygens (including phenoxy) is 1. The smallest absolute Gasteiger partial charge is 0.348 e.